The minimum Gasteiger partial charge on any atom is -0.469 e. The minimum atomic E-state index is -0.641. The fraction of sp³-hybridized carbons (Fsp3) is 0.410. The number of fused-ring (bicyclic) bond motifs is 8. The van der Waals surface area contributed by atoms with Crippen molar-refractivity contribution < 1.29 is 14.6 Å². The number of aliphatic hydroxyl groups is 1. The molecule has 0 saturated heterocycles. The fourth-order valence-corrected chi connectivity index (χ4v) is 6.83. The number of carbonyl (C=O) groups is 1. The van der Waals surface area contributed by atoms with Crippen molar-refractivity contribution in [2.24, 2.45) is 0 Å². The average molecular weight is 651 g/mol. The monoisotopic (exact) mass is 650 g/mol. The molecule has 3 unspecified atom stereocenters. The second-order valence-electron chi connectivity index (χ2n) is 13.2. The van der Waals surface area contributed by atoms with Gasteiger partial charge in [0.2, 0.25) is 0 Å². The number of aryl methyl sites for hydroxylation is 2. The van der Waals surface area contributed by atoms with E-state index in [0.717, 1.165) is 84.8 Å². The topological polar surface area (TPSA) is 119 Å². The molecule has 3 atom stereocenters. The number of rotatable bonds is 12. The number of nitrogens with one attached hydrogen (secondary N) is 3. The molecule has 5 rings (SSSR count). The zero-order valence-electron chi connectivity index (χ0n) is 29.5. The Bertz CT molecular complexity index is 1910. The second kappa shape index (κ2) is 14.8. The first-order valence-corrected chi connectivity index (χ1v) is 16.8. The molecule has 0 aliphatic carbocycles. The Morgan fingerprint density at radius 2 is 1.62 bits per heavy atom. The smallest absolute Gasteiger partial charge is 0.305 e. The van der Waals surface area contributed by atoms with Gasteiger partial charge in [0.05, 0.1) is 18.5 Å². The van der Waals surface area contributed by atoms with Crippen molar-refractivity contribution in [2.75, 3.05) is 34.3 Å². The lowest BCUT2D eigenvalue weighted by Gasteiger charge is -2.16. The van der Waals surface area contributed by atoms with Gasteiger partial charge in [0.25, 0.3) is 0 Å². The van der Waals surface area contributed by atoms with Gasteiger partial charge in [-0.05, 0) is 101 Å². The molecular weight excluding hydrogens is 600 g/mol. The summed E-state index contributed by atoms with van der Waals surface area (Å²) < 4.78 is 5.00. The summed E-state index contributed by atoms with van der Waals surface area (Å²) in [7, 11) is 5.46. The molecule has 2 aliphatic rings. The van der Waals surface area contributed by atoms with Crippen LogP contribution < -0.4 is 5.32 Å². The standard InChI is InChI=1S/C39H50N6O3/c1-10-26-22(3)30-18-31-25(6)29(13-15-39(47)48-9)37(43-31)21-36-28(12-14-38(46)40-16-17-45(7)8)24(5)33(44-36)20-35-27(11-2)23(4)32(42-35)19-34(26)41-30/h10-11,18-21,25,29,38,40-42,46H,1-2,12-17H2,3-9H3. The normalized spacial score (nSPS) is 16.8. The molecule has 9 nitrogen and oxygen atoms in total. The maximum absolute atomic E-state index is 12.3. The van der Waals surface area contributed by atoms with E-state index < -0.39 is 6.23 Å². The highest BCUT2D eigenvalue weighted by Gasteiger charge is 2.30. The molecule has 254 valence electrons. The van der Waals surface area contributed by atoms with Gasteiger partial charge in [0.1, 0.15) is 6.23 Å². The second-order valence-corrected chi connectivity index (χ2v) is 13.2. The van der Waals surface area contributed by atoms with Crippen molar-refractivity contribution >= 4 is 51.3 Å². The van der Waals surface area contributed by atoms with Gasteiger partial charge in [-0.2, -0.15) is 0 Å². The number of esters is 1. The highest BCUT2D eigenvalue weighted by atomic mass is 16.5. The number of aliphatic hydroxyl groups excluding tert-OH is 1. The van der Waals surface area contributed by atoms with Gasteiger partial charge in [0, 0.05) is 75.9 Å². The van der Waals surface area contributed by atoms with Gasteiger partial charge in [-0.1, -0.05) is 32.2 Å². The highest BCUT2D eigenvalue weighted by molar-refractivity contribution is 5.93. The molecule has 9 heteroatoms. The number of hydrogen-bond acceptors (Lipinski definition) is 7. The van der Waals surface area contributed by atoms with E-state index in [4.69, 9.17) is 14.7 Å². The third-order valence-electron chi connectivity index (χ3n) is 9.88. The van der Waals surface area contributed by atoms with Crippen molar-refractivity contribution in [3.63, 3.8) is 0 Å². The summed E-state index contributed by atoms with van der Waals surface area (Å²) in [5.74, 6) is -0.167. The zero-order chi connectivity index (χ0) is 34.7. The number of methoxy groups -OCH3 is 1. The molecule has 0 saturated carbocycles. The minimum absolute atomic E-state index is 0.00217. The molecule has 2 aliphatic heterocycles. The third kappa shape index (κ3) is 7.23. The first-order chi connectivity index (χ1) is 22.9. The Kier molecular flexibility index (Phi) is 10.8. The number of aromatic nitrogens is 4. The molecule has 3 aromatic rings. The third-order valence-corrected chi connectivity index (χ3v) is 9.88. The van der Waals surface area contributed by atoms with E-state index >= 15 is 0 Å². The Morgan fingerprint density at radius 1 is 0.979 bits per heavy atom. The summed E-state index contributed by atoms with van der Waals surface area (Å²) in [5, 5.41) is 14.0. The van der Waals surface area contributed by atoms with Gasteiger partial charge in [0.15, 0.2) is 0 Å². The van der Waals surface area contributed by atoms with Crippen LogP contribution in [0.3, 0.4) is 0 Å². The maximum atomic E-state index is 12.3. The number of H-pyrrole nitrogens is 2. The largest absolute Gasteiger partial charge is 0.469 e. The lowest BCUT2D eigenvalue weighted by molar-refractivity contribution is -0.140. The summed E-state index contributed by atoms with van der Waals surface area (Å²) in [4.78, 5) is 32.0. The quantitative estimate of drug-likeness (QED) is 0.121. The molecule has 0 radical (unpaired) electrons. The number of ether oxygens (including phenoxy) is 1. The van der Waals surface area contributed by atoms with Crippen LogP contribution in [0, 0.1) is 13.8 Å². The number of carbonyl (C=O) groups excluding carboxylic acids is 1. The van der Waals surface area contributed by atoms with Gasteiger partial charge in [-0.15, -0.1) is 0 Å². The average Bonchev–Trinajstić information content (AvgIpc) is 3.71. The van der Waals surface area contributed by atoms with E-state index in [-0.39, 0.29) is 17.8 Å². The van der Waals surface area contributed by atoms with Crippen LogP contribution in [0.15, 0.2) is 37.4 Å². The number of likely N-dealkylation sites (N-methyl/N-ethyl adjacent to an activating group) is 1. The van der Waals surface area contributed by atoms with E-state index in [1.54, 1.807) is 0 Å². The van der Waals surface area contributed by atoms with Crippen LogP contribution in [0.1, 0.15) is 96.4 Å². The predicted molar refractivity (Wildman–Crippen MR) is 197 cm³/mol. The molecule has 5 heterocycles. The Balaban J connectivity index is 1.75. The lowest BCUT2D eigenvalue weighted by atomic mass is 9.87. The SMILES string of the molecule is C=Cc1c(C)c2cc3[nH]c(cc4nc(cc5nc(cc1[nH]2)C(C)=C5CCC(O)NCCN(C)C)C(CCC(=O)OC)C4C)c(C)c3C=C. The van der Waals surface area contributed by atoms with Crippen LogP contribution in [0.5, 0.6) is 0 Å². The summed E-state index contributed by atoms with van der Waals surface area (Å²) in [6.07, 6.45) is 5.22. The van der Waals surface area contributed by atoms with Crippen LogP contribution in [0.25, 0.3) is 45.4 Å². The van der Waals surface area contributed by atoms with Gasteiger partial charge in [-0.25, -0.2) is 4.98 Å². The summed E-state index contributed by atoms with van der Waals surface area (Å²) in [6, 6.07) is 8.44. The summed E-state index contributed by atoms with van der Waals surface area (Å²) >= 11 is 0. The Hall–Kier alpha value is -4.31. The first kappa shape index (κ1) is 35.0. The summed E-state index contributed by atoms with van der Waals surface area (Å²) in [6.45, 7) is 18.2. The molecule has 8 bridgehead atoms. The molecule has 0 amide bonds. The highest BCUT2D eigenvalue weighted by Crippen LogP contribution is 2.42. The van der Waals surface area contributed by atoms with Crippen LogP contribution >= 0.6 is 0 Å². The molecule has 4 N–H and O–H groups in total. The molecule has 3 aromatic heterocycles. The van der Waals surface area contributed by atoms with E-state index in [0.29, 0.717) is 32.2 Å². The number of nitrogens with zero attached hydrogens (tertiary/aromatic N) is 3. The van der Waals surface area contributed by atoms with Crippen LogP contribution in [0.4, 0.5) is 0 Å². The van der Waals surface area contributed by atoms with Crippen molar-refractivity contribution in [2.45, 2.75) is 71.4 Å². The number of allylic oxidation sites excluding steroid dienone is 2. The fourth-order valence-electron chi connectivity index (χ4n) is 6.83. The van der Waals surface area contributed by atoms with Crippen LogP contribution in [-0.2, 0) is 9.53 Å². The molecule has 0 aromatic carbocycles. The maximum Gasteiger partial charge on any atom is 0.305 e. The number of aromatic amines is 2. The van der Waals surface area contributed by atoms with E-state index in [2.05, 4.69) is 85.3 Å². The van der Waals surface area contributed by atoms with Crippen LogP contribution in [-0.4, -0.2) is 76.4 Å². The van der Waals surface area contributed by atoms with E-state index in [1.165, 1.54) is 7.11 Å². The molecule has 0 fully saturated rings. The van der Waals surface area contributed by atoms with Crippen molar-refractivity contribution in [3.8, 4) is 0 Å². The number of hydrogen-bond donors (Lipinski definition) is 4. The van der Waals surface area contributed by atoms with Gasteiger partial charge in [-0.3, -0.25) is 15.1 Å². The molecular formula is C39H50N6O3. The van der Waals surface area contributed by atoms with E-state index in [9.17, 15) is 9.90 Å². The predicted octanol–water partition coefficient (Wildman–Crippen LogP) is 7.24. The summed E-state index contributed by atoms with van der Waals surface area (Å²) in [5.41, 5.74) is 13.8. The van der Waals surface area contributed by atoms with Gasteiger partial charge >= 0.3 is 5.97 Å². The van der Waals surface area contributed by atoms with E-state index in [1.807, 2.05) is 26.2 Å². The van der Waals surface area contributed by atoms with Crippen molar-refractivity contribution in [1.29, 1.82) is 0 Å². The molecule has 0 spiro atoms. The molecule has 48 heavy (non-hydrogen) atoms. The van der Waals surface area contributed by atoms with Crippen molar-refractivity contribution in [1.82, 2.24) is 30.2 Å². The van der Waals surface area contributed by atoms with Crippen LogP contribution in [0.2, 0.25) is 0 Å². The lowest BCUT2D eigenvalue weighted by Crippen LogP contribution is -2.34. The first-order valence-electron chi connectivity index (χ1n) is 16.8. The Labute approximate surface area is 283 Å². The van der Waals surface area contributed by atoms with Gasteiger partial charge < -0.3 is 24.7 Å². The zero-order valence-corrected chi connectivity index (χ0v) is 29.5. The van der Waals surface area contributed by atoms with Crippen molar-refractivity contribution in [3.05, 3.63) is 82.5 Å². The Morgan fingerprint density at radius 3 is 2.25 bits per heavy atom.